The maximum atomic E-state index is 2.40. The van der Waals surface area contributed by atoms with E-state index in [0.29, 0.717) is 0 Å². The van der Waals surface area contributed by atoms with Gasteiger partial charge in [0.25, 0.3) is 0 Å². The van der Waals surface area contributed by atoms with Gasteiger partial charge in [-0.2, -0.15) is 0 Å². The molecule has 0 saturated carbocycles. The number of halogens is 1. The number of nitrogens with zero attached hydrogens (tertiary/aromatic N) is 1. The Morgan fingerprint density at radius 1 is 1.18 bits per heavy atom. The Bertz CT molecular complexity index is 500. The van der Waals surface area contributed by atoms with Crippen LogP contribution < -0.4 is 24.0 Å². The first-order valence-corrected chi connectivity index (χ1v) is 6.93. The van der Waals surface area contributed by atoms with E-state index in [4.69, 9.17) is 0 Å². The molecule has 1 aliphatic rings. The quantitative estimate of drug-likeness (QED) is 0.546. The van der Waals surface area contributed by atoms with Crippen LogP contribution in [0.1, 0.15) is 18.4 Å². The van der Waals surface area contributed by atoms with E-state index in [1.807, 2.05) is 11.3 Å². The van der Waals surface area contributed by atoms with Crippen LogP contribution >= 0.6 is 11.3 Å². The van der Waals surface area contributed by atoms with Crippen LogP contribution in [0.4, 0.5) is 0 Å². The summed E-state index contributed by atoms with van der Waals surface area (Å²) in [4.78, 5) is 0. The van der Waals surface area contributed by atoms with Gasteiger partial charge in [0, 0.05) is 33.9 Å². The van der Waals surface area contributed by atoms with Crippen LogP contribution in [0.25, 0.3) is 10.1 Å². The molecule has 3 rings (SSSR count). The van der Waals surface area contributed by atoms with Crippen molar-refractivity contribution in [1.29, 1.82) is 0 Å². The van der Waals surface area contributed by atoms with Crippen molar-refractivity contribution in [3.8, 4) is 0 Å². The Hall–Kier alpha value is -0.130. The molecule has 0 bridgehead atoms. The van der Waals surface area contributed by atoms with Crippen LogP contribution in [0.3, 0.4) is 0 Å². The topological polar surface area (TPSA) is 0 Å². The zero-order valence-electron chi connectivity index (χ0n) is 10.2. The van der Waals surface area contributed by atoms with Gasteiger partial charge >= 0.3 is 0 Å². The molecule has 0 aliphatic carbocycles. The fourth-order valence-corrected chi connectivity index (χ4v) is 3.78. The Labute approximate surface area is 124 Å². The first kappa shape index (κ1) is 13.3. The molecule has 1 aromatic carbocycles. The van der Waals surface area contributed by atoms with Gasteiger partial charge in [0.05, 0.1) is 20.1 Å². The van der Waals surface area contributed by atoms with Crippen molar-refractivity contribution in [2.45, 2.75) is 19.4 Å². The highest BCUT2D eigenvalue weighted by Gasteiger charge is 2.27. The third kappa shape index (κ3) is 2.66. The van der Waals surface area contributed by atoms with Gasteiger partial charge in [0.15, 0.2) is 0 Å². The van der Waals surface area contributed by atoms with Gasteiger partial charge in [-0.05, 0) is 6.07 Å². The van der Waals surface area contributed by atoms with E-state index >= 15 is 0 Å². The van der Waals surface area contributed by atoms with Gasteiger partial charge in [0.2, 0.25) is 0 Å². The second-order valence-corrected chi connectivity index (χ2v) is 6.10. The second-order valence-electron chi connectivity index (χ2n) is 5.19. The number of hydrogen-bond acceptors (Lipinski definition) is 1. The lowest BCUT2D eigenvalue weighted by atomic mass is 10.1. The van der Waals surface area contributed by atoms with Crippen molar-refractivity contribution < 1.29 is 28.5 Å². The molecule has 1 aromatic heterocycles. The van der Waals surface area contributed by atoms with Crippen molar-refractivity contribution >= 4 is 21.4 Å². The van der Waals surface area contributed by atoms with E-state index in [1.165, 1.54) is 47.0 Å². The van der Waals surface area contributed by atoms with E-state index < -0.39 is 0 Å². The lowest BCUT2D eigenvalue weighted by Gasteiger charge is -2.28. The van der Waals surface area contributed by atoms with Crippen molar-refractivity contribution in [3.63, 3.8) is 0 Å². The molecular weight excluding hydrogens is 341 g/mol. The molecule has 2 heterocycles. The molecule has 0 spiro atoms. The molecule has 1 aliphatic heterocycles. The van der Waals surface area contributed by atoms with Crippen LogP contribution in [-0.4, -0.2) is 24.6 Å². The summed E-state index contributed by atoms with van der Waals surface area (Å²) in [5, 5.41) is 3.82. The molecule has 0 N–H and O–H groups in total. The minimum Gasteiger partial charge on any atom is -1.00 e. The Morgan fingerprint density at radius 3 is 2.65 bits per heavy atom. The summed E-state index contributed by atoms with van der Waals surface area (Å²) in [6.07, 6.45) is 2.80. The minimum atomic E-state index is 0. The molecular formula is C14H18INS. The van der Waals surface area contributed by atoms with Crippen LogP contribution in [-0.2, 0) is 6.54 Å². The van der Waals surface area contributed by atoms with E-state index in [2.05, 4.69) is 36.7 Å². The molecule has 1 saturated heterocycles. The normalized spacial score (nSPS) is 18.2. The fourth-order valence-electron chi connectivity index (χ4n) is 2.82. The zero-order valence-corrected chi connectivity index (χ0v) is 13.1. The number of fused-ring (bicyclic) bond motifs is 1. The lowest BCUT2D eigenvalue weighted by Crippen LogP contribution is -3.00. The maximum Gasteiger partial charge on any atom is 0.106 e. The molecule has 92 valence electrons. The molecule has 0 radical (unpaired) electrons. The highest BCUT2D eigenvalue weighted by Crippen LogP contribution is 2.29. The molecule has 0 amide bonds. The first-order chi connectivity index (χ1) is 7.77. The van der Waals surface area contributed by atoms with Gasteiger partial charge in [-0.15, -0.1) is 11.3 Å². The van der Waals surface area contributed by atoms with E-state index in [0.717, 1.165) is 0 Å². The van der Waals surface area contributed by atoms with Crippen LogP contribution in [0.5, 0.6) is 0 Å². The van der Waals surface area contributed by atoms with E-state index in [-0.39, 0.29) is 24.0 Å². The summed E-state index contributed by atoms with van der Waals surface area (Å²) in [6.45, 7) is 3.92. The lowest BCUT2D eigenvalue weighted by molar-refractivity contribution is -0.910. The summed E-state index contributed by atoms with van der Waals surface area (Å²) in [7, 11) is 2.40. The van der Waals surface area contributed by atoms with Crippen LogP contribution in [0.2, 0.25) is 0 Å². The fraction of sp³-hybridized carbons (Fsp3) is 0.429. The number of benzene rings is 1. The number of quaternary nitrogens is 1. The van der Waals surface area contributed by atoms with Crippen LogP contribution in [0, 0.1) is 0 Å². The summed E-state index contributed by atoms with van der Waals surface area (Å²) in [5.41, 5.74) is 1.55. The highest BCUT2D eigenvalue weighted by molar-refractivity contribution is 7.17. The van der Waals surface area contributed by atoms with Crippen LogP contribution in [0.15, 0.2) is 29.6 Å². The first-order valence-electron chi connectivity index (χ1n) is 6.06. The Kier molecular flexibility index (Phi) is 4.10. The zero-order chi connectivity index (χ0) is 11.0. The monoisotopic (exact) mass is 359 g/mol. The van der Waals surface area contributed by atoms with Gasteiger partial charge < -0.3 is 28.5 Å². The van der Waals surface area contributed by atoms with Gasteiger partial charge in [0.1, 0.15) is 6.54 Å². The summed E-state index contributed by atoms with van der Waals surface area (Å²) in [5.74, 6) is 0. The van der Waals surface area contributed by atoms with Crippen molar-refractivity contribution in [2.75, 3.05) is 20.1 Å². The molecule has 1 fully saturated rings. The molecule has 1 nitrogen and oxygen atoms in total. The smallest absolute Gasteiger partial charge is 0.106 e. The Balaban J connectivity index is 0.00000108. The predicted molar refractivity (Wildman–Crippen MR) is 70.7 cm³/mol. The predicted octanol–water partition coefficient (Wildman–Crippen LogP) is 0.646. The number of hydrogen-bond donors (Lipinski definition) is 0. The third-order valence-corrected chi connectivity index (χ3v) is 4.77. The van der Waals surface area contributed by atoms with Crippen molar-refractivity contribution in [3.05, 3.63) is 35.2 Å². The summed E-state index contributed by atoms with van der Waals surface area (Å²) < 4.78 is 2.67. The SMILES string of the molecule is C[N+]1(Cc2csc3ccccc23)CCCC1.[I-]. The third-order valence-electron chi connectivity index (χ3n) is 3.76. The number of thiophene rings is 1. The minimum absolute atomic E-state index is 0. The molecule has 17 heavy (non-hydrogen) atoms. The summed E-state index contributed by atoms with van der Waals surface area (Å²) >= 11 is 1.89. The van der Waals surface area contributed by atoms with E-state index in [9.17, 15) is 0 Å². The van der Waals surface area contributed by atoms with Gasteiger partial charge in [-0.25, -0.2) is 0 Å². The molecule has 0 unspecified atom stereocenters. The highest BCUT2D eigenvalue weighted by atomic mass is 127. The van der Waals surface area contributed by atoms with Crippen molar-refractivity contribution in [1.82, 2.24) is 0 Å². The largest absolute Gasteiger partial charge is 1.00 e. The molecule has 0 atom stereocenters. The van der Waals surface area contributed by atoms with Crippen molar-refractivity contribution in [2.24, 2.45) is 0 Å². The second kappa shape index (κ2) is 5.24. The Morgan fingerprint density at radius 2 is 1.88 bits per heavy atom. The van der Waals surface area contributed by atoms with Gasteiger partial charge in [-0.3, -0.25) is 0 Å². The summed E-state index contributed by atoms with van der Waals surface area (Å²) in [6, 6.07) is 8.79. The number of likely N-dealkylation sites (tertiary alicyclic amines) is 1. The standard InChI is InChI=1S/C14H18NS.HI/c1-15(8-4-5-9-15)10-12-11-16-14-7-3-2-6-13(12)14;/h2-3,6-7,11H,4-5,8-10H2,1H3;1H/q+1;/p-1. The van der Waals surface area contributed by atoms with Gasteiger partial charge in [-0.1, -0.05) is 18.2 Å². The molecule has 3 heteroatoms. The average Bonchev–Trinajstić information content (AvgIpc) is 2.87. The number of rotatable bonds is 2. The van der Waals surface area contributed by atoms with E-state index in [1.54, 1.807) is 5.56 Å². The molecule has 2 aromatic rings. The average molecular weight is 359 g/mol. The maximum absolute atomic E-state index is 2.40.